The molecule has 4 heterocycles. The predicted molar refractivity (Wildman–Crippen MR) is 114 cm³/mol. The number of aromatic nitrogens is 3. The summed E-state index contributed by atoms with van der Waals surface area (Å²) >= 11 is 0. The van der Waals surface area contributed by atoms with Crippen molar-refractivity contribution in [3.8, 4) is 0 Å². The van der Waals surface area contributed by atoms with Crippen molar-refractivity contribution in [2.24, 2.45) is 5.92 Å². The van der Waals surface area contributed by atoms with Crippen LogP contribution in [0.25, 0.3) is 0 Å². The number of carbonyl (C=O) groups is 1. The van der Waals surface area contributed by atoms with Crippen LogP contribution in [-0.4, -0.2) is 47.0 Å². The van der Waals surface area contributed by atoms with Gasteiger partial charge < -0.3 is 15.1 Å². The van der Waals surface area contributed by atoms with Crippen LogP contribution in [-0.2, 0) is 11.3 Å². The summed E-state index contributed by atoms with van der Waals surface area (Å²) in [7, 11) is 0. The van der Waals surface area contributed by atoms with Gasteiger partial charge in [0.05, 0.1) is 18.1 Å². The minimum absolute atomic E-state index is 0.0696. The van der Waals surface area contributed by atoms with Crippen LogP contribution in [0.4, 0.5) is 11.6 Å². The highest BCUT2D eigenvalue weighted by Gasteiger charge is 2.25. The van der Waals surface area contributed by atoms with E-state index in [0.29, 0.717) is 6.54 Å². The summed E-state index contributed by atoms with van der Waals surface area (Å²) in [5, 5.41) is 3.04. The minimum atomic E-state index is 0.0696. The molecular weight excluding hydrogens is 364 g/mol. The molecule has 1 N–H and O–H groups in total. The number of nitrogens with zero attached hydrogens (tertiary/aromatic N) is 5. The quantitative estimate of drug-likeness (QED) is 0.841. The topological polar surface area (TPSA) is 74.2 Å². The fourth-order valence-corrected chi connectivity index (χ4v) is 4.15. The van der Waals surface area contributed by atoms with E-state index < -0.39 is 0 Å². The lowest BCUT2D eigenvalue weighted by molar-refractivity contribution is -0.125. The van der Waals surface area contributed by atoms with Gasteiger partial charge in [-0.2, -0.15) is 0 Å². The molecule has 0 radical (unpaired) electrons. The number of anilines is 2. The predicted octanol–water partition coefficient (Wildman–Crippen LogP) is 2.78. The van der Waals surface area contributed by atoms with Crippen LogP contribution in [0.3, 0.4) is 0 Å². The van der Waals surface area contributed by atoms with Crippen LogP contribution in [0, 0.1) is 5.92 Å². The van der Waals surface area contributed by atoms with E-state index in [1.807, 2.05) is 24.5 Å². The molecule has 0 saturated carbocycles. The lowest BCUT2D eigenvalue weighted by atomic mass is 9.95. The zero-order valence-corrected chi connectivity index (χ0v) is 17.0. The second kappa shape index (κ2) is 9.67. The summed E-state index contributed by atoms with van der Waals surface area (Å²) in [6.45, 7) is 4.37. The van der Waals surface area contributed by atoms with Crippen molar-refractivity contribution in [3.05, 3.63) is 42.5 Å². The minimum Gasteiger partial charge on any atom is -0.369 e. The first-order chi connectivity index (χ1) is 14.3. The van der Waals surface area contributed by atoms with Gasteiger partial charge in [0.2, 0.25) is 11.9 Å². The Bertz CT molecular complexity index is 766. The van der Waals surface area contributed by atoms with E-state index >= 15 is 0 Å². The third-order valence-corrected chi connectivity index (χ3v) is 5.93. The molecule has 0 bridgehead atoms. The molecule has 2 aliphatic heterocycles. The molecule has 4 rings (SSSR count). The number of carbonyl (C=O) groups excluding carboxylic acids is 1. The molecule has 2 aromatic rings. The molecular formula is C22H30N6O. The van der Waals surface area contributed by atoms with Crippen molar-refractivity contribution in [2.45, 2.75) is 45.1 Å². The van der Waals surface area contributed by atoms with Gasteiger partial charge in [-0.05, 0) is 37.3 Å². The van der Waals surface area contributed by atoms with E-state index in [1.165, 1.54) is 25.7 Å². The molecule has 7 nitrogen and oxygen atoms in total. The van der Waals surface area contributed by atoms with Crippen molar-refractivity contribution in [3.63, 3.8) is 0 Å². The lowest BCUT2D eigenvalue weighted by Gasteiger charge is -2.32. The second-order valence-electron chi connectivity index (χ2n) is 7.98. The summed E-state index contributed by atoms with van der Waals surface area (Å²) in [6, 6.07) is 3.87. The molecule has 1 amide bonds. The fourth-order valence-electron chi connectivity index (χ4n) is 4.15. The van der Waals surface area contributed by atoms with Gasteiger partial charge in [0.15, 0.2) is 0 Å². The number of rotatable bonds is 5. The Morgan fingerprint density at radius 1 is 0.966 bits per heavy atom. The Morgan fingerprint density at radius 2 is 1.69 bits per heavy atom. The Labute approximate surface area is 172 Å². The van der Waals surface area contributed by atoms with Crippen LogP contribution in [0.5, 0.6) is 0 Å². The SMILES string of the molecule is O=C(NCc1cccnc1)C1CCN(c2cnc(N3CCCCCC3)nc2)CC1. The van der Waals surface area contributed by atoms with E-state index in [2.05, 4.69) is 30.1 Å². The molecule has 7 heteroatoms. The van der Waals surface area contributed by atoms with Crippen LogP contribution in [0.2, 0.25) is 0 Å². The molecule has 0 aliphatic carbocycles. The zero-order valence-electron chi connectivity index (χ0n) is 17.0. The van der Waals surface area contributed by atoms with Crippen molar-refractivity contribution < 1.29 is 4.79 Å². The van der Waals surface area contributed by atoms with E-state index in [1.54, 1.807) is 12.4 Å². The summed E-state index contributed by atoms with van der Waals surface area (Å²) in [5.41, 5.74) is 2.08. The van der Waals surface area contributed by atoms with Crippen LogP contribution in [0.15, 0.2) is 36.9 Å². The van der Waals surface area contributed by atoms with Gasteiger partial charge in [-0.3, -0.25) is 9.78 Å². The molecule has 154 valence electrons. The molecule has 0 aromatic carbocycles. The van der Waals surface area contributed by atoms with Crippen LogP contribution < -0.4 is 15.1 Å². The maximum Gasteiger partial charge on any atom is 0.225 e. The fraction of sp³-hybridized carbons (Fsp3) is 0.545. The Hall–Kier alpha value is -2.70. The first-order valence-electron chi connectivity index (χ1n) is 10.8. The van der Waals surface area contributed by atoms with Gasteiger partial charge in [0.25, 0.3) is 0 Å². The molecule has 2 fully saturated rings. The second-order valence-corrected chi connectivity index (χ2v) is 7.98. The monoisotopic (exact) mass is 394 g/mol. The van der Waals surface area contributed by atoms with Crippen LogP contribution >= 0.6 is 0 Å². The number of pyridine rings is 1. The van der Waals surface area contributed by atoms with Gasteiger partial charge in [0, 0.05) is 51.0 Å². The van der Waals surface area contributed by atoms with Gasteiger partial charge in [-0.1, -0.05) is 18.9 Å². The molecule has 29 heavy (non-hydrogen) atoms. The molecule has 0 atom stereocenters. The first-order valence-corrected chi connectivity index (χ1v) is 10.8. The smallest absolute Gasteiger partial charge is 0.225 e. The maximum atomic E-state index is 12.5. The third-order valence-electron chi connectivity index (χ3n) is 5.93. The average molecular weight is 395 g/mol. The standard InChI is InChI=1S/C22H30N6O/c29-21(24-15-18-6-5-9-23-14-18)19-7-12-27(13-8-19)20-16-25-22(26-17-20)28-10-3-1-2-4-11-28/h5-6,9,14,16-17,19H,1-4,7-8,10-13,15H2,(H,24,29). The van der Waals surface area contributed by atoms with Crippen molar-refractivity contribution >= 4 is 17.5 Å². The Kier molecular flexibility index (Phi) is 6.54. The molecule has 2 saturated heterocycles. The molecule has 2 aliphatic rings. The van der Waals surface area contributed by atoms with E-state index in [0.717, 1.165) is 56.2 Å². The maximum absolute atomic E-state index is 12.5. The Morgan fingerprint density at radius 3 is 2.34 bits per heavy atom. The highest BCUT2D eigenvalue weighted by molar-refractivity contribution is 5.79. The van der Waals surface area contributed by atoms with Crippen molar-refractivity contribution in [2.75, 3.05) is 36.0 Å². The summed E-state index contributed by atoms with van der Waals surface area (Å²) in [6.07, 6.45) is 14.2. The average Bonchev–Trinajstić information content (AvgIpc) is 3.08. The first kappa shape index (κ1) is 19.6. The molecule has 0 unspecified atom stereocenters. The van der Waals surface area contributed by atoms with E-state index in [4.69, 9.17) is 0 Å². The number of piperidine rings is 1. The highest BCUT2D eigenvalue weighted by atomic mass is 16.1. The van der Waals surface area contributed by atoms with Crippen molar-refractivity contribution in [1.82, 2.24) is 20.3 Å². The van der Waals surface area contributed by atoms with E-state index in [9.17, 15) is 4.79 Å². The van der Waals surface area contributed by atoms with Crippen LogP contribution in [0.1, 0.15) is 44.1 Å². The molecule has 2 aromatic heterocycles. The lowest BCUT2D eigenvalue weighted by Crippen LogP contribution is -2.40. The third kappa shape index (κ3) is 5.22. The Balaban J connectivity index is 1.26. The number of amides is 1. The van der Waals surface area contributed by atoms with Gasteiger partial charge in [0.1, 0.15) is 0 Å². The molecule has 0 spiro atoms. The van der Waals surface area contributed by atoms with Crippen molar-refractivity contribution in [1.29, 1.82) is 0 Å². The summed E-state index contributed by atoms with van der Waals surface area (Å²) in [4.78, 5) is 30.4. The van der Waals surface area contributed by atoms with Gasteiger partial charge in [-0.25, -0.2) is 9.97 Å². The number of hydrogen-bond donors (Lipinski definition) is 1. The summed E-state index contributed by atoms with van der Waals surface area (Å²) in [5.74, 6) is 1.06. The number of hydrogen-bond acceptors (Lipinski definition) is 6. The normalized spacial score (nSPS) is 18.3. The van der Waals surface area contributed by atoms with Gasteiger partial charge >= 0.3 is 0 Å². The largest absolute Gasteiger partial charge is 0.369 e. The summed E-state index contributed by atoms with van der Waals surface area (Å²) < 4.78 is 0. The van der Waals surface area contributed by atoms with E-state index in [-0.39, 0.29) is 11.8 Å². The number of nitrogens with one attached hydrogen (secondary N) is 1. The van der Waals surface area contributed by atoms with Gasteiger partial charge in [-0.15, -0.1) is 0 Å². The highest BCUT2D eigenvalue weighted by Crippen LogP contribution is 2.24. The zero-order chi connectivity index (χ0) is 19.9.